The Bertz CT molecular complexity index is 1330. The molecule has 6 rings (SSSR count). The third-order valence-electron chi connectivity index (χ3n) is 9.02. The van der Waals surface area contributed by atoms with Crippen molar-refractivity contribution < 1.29 is 9.59 Å². The summed E-state index contributed by atoms with van der Waals surface area (Å²) >= 11 is 0. The van der Waals surface area contributed by atoms with Gasteiger partial charge in [0.15, 0.2) is 0 Å². The highest BCUT2D eigenvalue weighted by Crippen LogP contribution is 2.43. The lowest BCUT2D eigenvalue weighted by Crippen LogP contribution is -2.55. The summed E-state index contributed by atoms with van der Waals surface area (Å²) in [6.07, 6.45) is 14.9. The number of allylic oxidation sites excluding steroid dienone is 1. The van der Waals surface area contributed by atoms with Crippen LogP contribution in [0.2, 0.25) is 0 Å². The Labute approximate surface area is 224 Å². The minimum absolute atomic E-state index is 0.0220. The van der Waals surface area contributed by atoms with Crippen LogP contribution in [0.15, 0.2) is 60.8 Å². The van der Waals surface area contributed by atoms with Crippen molar-refractivity contribution in [1.82, 2.24) is 20.5 Å². The normalized spacial score (nSPS) is 19.4. The van der Waals surface area contributed by atoms with Crippen LogP contribution in [0.4, 0.5) is 4.79 Å². The standard InChI is InChI=1S/C32H38N4O2/c37-30(34-21-23-8-2-1-3-9-23)29(20-25-22-33-28-13-7-5-11-26(25)28)35-31(38)36-18-16-32(17-19-36)15-14-24-10-4-6-12-27(24)32/h4-7,10-15,22-23,29,33H,1-3,8-9,16-21H2,(H,34,37)(H,35,38). The van der Waals surface area contributed by atoms with Crippen molar-refractivity contribution in [2.45, 2.75) is 62.8 Å². The summed E-state index contributed by atoms with van der Waals surface area (Å²) in [5.74, 6) is 0.452. The lowest BCUT2D eigenvalue weighted by Gasteiger charge is -2.39. The van der Waals surface area contributed by atoms with Crippen LogP contribution in [-0.4, -0.2) is 47.5 Å². The number of piperidine rings is 1. The number of carbonyl (C=O) groups excluding carboxylic acids is 2. The predicted molar refractivity (Wildman–Crippen MR) is 152 cm³/mol. The SMILES string of the molecule is O=C(NCC1CCCCC1)C(Cc1c[nH]c2ccccc12)NC(=O)N1CCC2(C=Cc3ccccc32)CC1. The molecule has 38 heavy (non-hydrogen) atoms. The molecule has 0 radical (unpaired) electrons. The first-order valence-electron chi connectivity index (χ1n) is 14.3. The number of para-hydroxylation sites is 1. The Morgan fingerprint density at radius 1 is 1.00 bits per heavy atom. The zero-order valence-electron chi connectivity index (χ0n) is 22.0. The highest BCUT2D eigenvalue weighted by atomic mass is 16.2. The average molecular weight is 511 g/mol. The Hall–Kier alpha value is -3.54. The van der Waals surface area contributed by atoms with Gasteiger partial charge in [0.1, 0.15) is 6.04 Å². The van der Waals surface area contributed by atoms with Gasteiger partial charge in [-0.05, 0) is 54.4 Å². The highest BCUT2D eigenvalue weighted by molar-refractivity contribution is 5.89. The fourth-order valence-electron chi connectivity index (χ4n) is 6.71. The summed E-state index contributed by atoms with van der Waals surface area (Å²) < 4.78 is 0. The zero-order valence-corrected chi connectivity index (χ0v) is 22.0. The van der Waals surface area contributed by atoms with E-state index in [0.717, 1.165) is 29.3 Å². The summed E-state index contributed by atoms with van der Waals surface area (Å²) in [6, 6.07) is 15.9. The van der Waals surface area contributed by atoms with Gasteiger partial charge in [0.2, 0.25) is 5.91 Å². The Kier molecular flexibility index (Phi) is 6.96. The topological polar surface area (TPSA) is 77.2 Å². The molecule has 6 nitrogen and oxygen atoms in total. The number of H-pyrrole nitrogens is 1. The van der Waals surface area contributed by atoms with Crippen LogP contribution in [0.5, 0.6) is 0 Å². The maximum Gasteiger partial charge on any atom is 0.318 e. The van der Waals surface area contributed by atoms with Crippen molar-refractivity contribution in [3.05, 3.63) is 77.5 Å². The zero-order chi connectivity index (χ0) is 26.0. The molecular formula is C32H38N4O2. The number of aromatic amines is 1. The second-order valence-electron chi connectivity index (χ2n) is 11.4. The molecule has 1 aliphatic heterocycles. The molecule has 2 aliphatic carbocycles. The van der Waals surface area contributed by atoms with E-state index in [2.05, 4.69) is 58.1 Å². The van der Waals surface area contributed by atoms with E-state index in [1.54, 1.807) is 0 Å². The van der Waals surface area contributed by atoms with E-state index in [1.807, 2.05) is 29.3 Å². The predicted octanol–water partition coefficient (Wildman–Crippen LogP) is 5.55. The quantitative estimate of drug-likeness (QED) is 0.407. The number of aromatic nitrogens is 1. The summed E-state index contributed by atoms with van der Waals surface area (Å²) in [5.41, 5.74) is 4.78. The van der Waals surface area contributed by atoms with Crippen molar-refractivity contribution >= 4 is 28.9 Å². The molecule has 3 amide bonds. The largest absolute Gasteiger partial charge is 0.361 e. The number of benzene rings is 2. The number of rotatable bonds is 6. The fourth-order valence-corrected chi connectivity index (χ4v) is 6.71. The third kappa shape index (κ3) is 4.96. The minimum Gasteiger partial charge on any atom is -0.361 e. The van der Waals surface area contributed by atoms with Crippen LogP contribution >= 0.6 is 0 Å². The number of carbonyl (C=O) groups is 2. The van der Waals surface area contributed by atoms with Crippen LogP contribution in [0.3, 0.4) is 0 Å². The number of nitrogens with zero attached hydrogens (tertiary/aromatic N) is 1. The second kappa shape index (κ2) is 10.7. The van der Waals surface area contributed by atoms with Gasteiger partial charge >= 0.3 is 6.03 Å². The van der Waals surface area contributed by atoms with E-state index in [4.69, 9.17) is 0 Å². The maximum atomic E-state index is 13.5. The molecule has 1 atom stereocenters. The van der Waals surface area contributed by atoms with Gasteiger partial charge in [0, 0.05) is 48.6 Å². The van der Waals surface area contributed by atoms with Crippen LogP contribution in [-0.2, 0) is 16.6 Å². The molecule has 1 aromatic heterocycles. The number of urea groups is 1. The Morgan fingerprint density at radius 2 is 1.76 bits per heavy atom. The number of hydrogen-bond acceptors (Lipinski definition) is 2. The fraction of sp³-hybridized carbons (Fsp3) is 0.438. The monoisotopic (exact) mass is 510 g/mol. The third-order valence-corrected chi connectivity index (χ3v) is 9.02. The second-order valence-corrected chi connectivity index (χ2v) is 11.4. The van der Waals surface area contributed by atoms with Crippen molar-refractivity contribution in [3.8, 4) is 0 Å². The van der Waals surface area contributed by atoms with Gasteiger partial charge in [-0.3, -0.25) is 4.79 Å². The number of fused-ring (bicyclic) bond motifs is 3. The van der Waals surface area contributed by atoms with Gasteiger partial charge in [0.05, 0.1) is 0 Å². The maximum absolute atomic E-state index is 13.5. The van der Waals surface area contributed by atoms with Crippen LogP contribution in [0, 0.1) is 5.92 Å². The molecule has 2 heterocycles. The molecule has 2 aromatic carbocycles. The molecule has 3 aliphatic rings. The van der Waals surface area contributed by atoms with Gasteiger partial charge in [-0.15, -0.1) is 0 Å². The van der Waals surface area contributed by atoms with Gasteiger partial charge in [-0.2, -0.15) is 0 Å². The molecular weight excluding hydrogens is 472 g/mol. The smallest absolute Gasteiger partial charge is 0.318 e. The number of hydrogen-bond donors (Lipinski definition) is 3. The molecule has 6 heteroatoms. The first-order valence-corrected chi connectivity index (χ1v) is 14.3. The van der Waals surface area contributed by atoms with Crippen molar-refractivity contribution in [2.24, 2.45) is 5.92 Å². The summed E-state index contributed by atoms with van der Waals surface area (Å²) in [6.45, 7) is 2.04. The summed E-state index contributed by atoms with van der Waals surface area (Å²) in [7, 11) is 0. The first-order chi connectivity index (χ1) is 18.6. The minimum atomic E-state index is -0.617. The lowest BCUT2D eigenvalue weighted by atomic mass is 9.74. The van der Waals surface area contributed by atoms with E-state index < -0.39 is 6.04 Å². The van der Waals surface area contributed by atoms with E-state index in [-0.39, 0.29) is 17.4 Å². The van der Waals surface area contributed by atoms with E-state index in [1.165, 1.54) is 43.2 Å². The van der Waals surface area contributed by atoms with Crippen molar-refractivity contribution in [1.29, 1.82) is 0 Å². The van der Waals surface area contributed by atoms with E-state index >= 15 is 0 Å². The summed E-state index contributed by atoms with van der Waals surface area (Å²) in [4.78, 5) is 32.1. The number of likely N-dealkylation sites (tertiary alicyclic amines) is 1. The Balaban J connectivity index is 1.13. The van der Waals surface area contributed by atoms with E-state index in [0.29, 0.717) is 32.0 Å². The van der Waals surface area contributed by atoms with Gasteiger partial charge in [-0.25, -0.2) is 4.79 Å². The van der Waals surface area contributed by atoms with E-state index in [9.17, 15) is 9.59 Å². The molecule has 198 valence electrons. The van der Waals surface area contributed by atoms with Crippen LogP contribution in [0.1, 0.15) is 61.6 Å². The summed E-state index contributed by atoms with van der Waals surface area (Å²) in [5, 5.41) is 7.39. The molecule has 3 aromatic rings. The lowest BCUT2D eigenvalue weighted by molar-refractivity contribution is -0.123. The van der Waals surface area contributed by atoms with Gasteiger partial charge in [-0.1, -0.05) is 73.9 Å². The Morgan fingerprint density at radius 3 is 2.61 bits per heavy atom. The molecule has 1 spiro atoms. The molecule has 0 bridgehead atoms. The number of amides is 3. The molecule has 1 saturated heterocycles. The van der Waals surface area contributed by atoms with Gasteiger partial charge in [0.25, 0.3) is 0 Å². The van der Waals surface area contributed by atoms with Crippen LogP contribution in [0.25, 0.3) is 17.0 Å². The van der Waals surface area contributed by atoms with Crippen LogP contribution < -0.4 is 10.6 Å². The average Bonchev–Trinajstić information content (AvgIpc) is 3.54. The highest BCUT2D eigenvalue weighted by Gasteiger charge is 2.39. The van der Waals surface area contributed by atoms with Crippen molar-refractivity contribution in [3.63, 3.8) is 0 Å². The molecule has 3 N–H and O–H groups in total. The molecule has 1 saturated carbocycles. The number of nitrogens with one attached hydrogen (secondary N) is 3. The van der Waals surface area contributed by atoms with Gasteiger partial charge < -0.3 is 20.5 Å². The molecule has 2 fully saturated rings. The molecule has 1 unspecified atom stereocenters. The first kappa shape index (κ1) is 24.8. The van der Waals surface area contributed by atoms with Crippen molar-refractivity contribution in [2.75, 3.05) is 19.6 Å².